The third-order valence-corrected chi connectivity index (χ3v) is 3.87. The molecule has 3 rings (SSSR count). The number of anilines is 1. The number of hydrogen-bond donors (Lipinski definition) is 1. The molecule has 2 fully saturated rings. The van der Waals surface area contributed by atoms with Crippen LogP contribution in [0, 0.1) is 5.82 Å². The zero-order chi connectivity index (χ0) is 12.7. The van der Waals surface area contributed by atoms with Gasteiger partial charge in [0, 0.05) is 30.4 Å². The molecule has 3 atom stereocenters. The Hall–Kier alpha value is -1.13. The average Bonchev–Trinajstić information content (AvgIpc) is 2.67. The van der Waals surface area contributed by atoms with Crippen LogP contribution < -0.4 is 10.6 Å². The van der Waals surface area contributed by atoms with Crippen molar-refractivity contribution in [3.63, 3.8) is 0 Å². The van der Waals surface area contributed by atoms with Crippen LogP contribution in [0.25, 0.3) is 0 Å². The van der Waals surface area contributed by atoms with Crippen LogP contribution in [-0.4, -0.2) is 25.3 Å². The number of fused-ring (bicyclic) bond motifs is 2. The van der Waals surface area contributed by atoms with Crippen molar-refractivity contribution >= 4 is 5.69 Å². The van der Waals surface area contributed by atoms with Crippen molar-refractivity contribution in [2.75, 3.05) is 18.0 Å². The third-order valence-electron chi connectivity index (χ3n) is 3.87. The average molecular weight is 250 g/mol. The van der Waals surface area contributed by atoms with Gasteiger partial charge in [0.05, 0.1) is 12.2 Å². The monoisotopic (exact) mass is 250 g/mol. The molecule has 3 unspecified atom stereocenters. The number of halogens is 1. The van der Waals surface area contributed by atoms with Crippen molar-refractivity contribution in [1.82, 2.24) is 0 Å². The Balaban J connectivity index is 1.94. The molecule has 2 heterocycles. The molecule has 4 heteroatoms. The van der Waals surface area contributed by atoms with E-state index < -0.39 is 0 Å². The molecule has 1 aromatic rings. The summed E-state index contributed by atoms with van der Waals surface area (Å²) in [5.41, 5.74) is 7.47. The Morgan fingerprint density at radius 2 is 2.00 bits per heavy atom. The van der Waals surface area contributed by atoms with Gasteiger partial charge in [-0.15, -0.1) is 0 Å². The Labute approximate surface area is 107 Å². The lowest BCUT2D eigenvalue weighted by molar-refractivity contribution is 0.0304. The summed E-state index contributed by atoms with van der Waals surface area (Å²) >= 11 is 0. The largest absolute Gasteiger partial charge is 0.371 e. The summed E-state index contributed by atoms with van der Waals surface area (Å²) < 4.78 is 19.7. The lowest BCUT2D eigenvalue weighted by Gasteiger charge is -2.35. The number of nitrogens with zero attached hydrogens (tertiary/aromatic N) is 1. The number of ether oxygens (including phenoxy) is 1. The highest BCUT2D eigenvalue weighted by Gasteiger charge is 2.34. The molecule has 98 valence electrons. The molecule has 2 bridgehead atoms. The summed E-state index contributed by atoms with van der Waals surface area (Å²) in [4.78, 5) is 2.23. The number of nitrogens with two attached hydrogens (primary N) is 1. The quantitative estimate of drug-likeness (QED) is 0.874. The molecular formula is C14H19FN2O. The van der Waals surface area contributed by atoms with Crippen LogP contribution in [0.3, 0.4) is 0 Å². The van der Waals surface area contributed by atoms with E-state index >= 15 is 0 Å². The summed E-state index contributed by atoms with van der Waals surface area (Å²) in [6, 6.07) is 4.92. The van der Waals surface area contributed by atoms with Gasteiger partial charge in [0.15, 0.2) is 0 Å². The summed E-state index contributed by atoms with van der Waals surface area (Å²) in [6.07, 6.45) is 2.83. The van der Waals surface area contributed by atoms with Gasteiger partial charge in [-0.3, -0.25) is 0 Å². The van der Waals surface area contributed by atoms with Crippen molar-refractivity contribution < 1.29 is 9.13 Å². The highest BCUT2D eigenvalue weighted by molar-refractivity contribution is 5.56. The Morgan fingerprint density at radius 1 is 1.33 bits per heavy atom. The van der Waals surface area contributed by atoms with Gasteiger partial charge in [0.2, 0.25) is 0 Å². The van der Waals surface area contributed by atoms with Crippen LogP contribution in [0.15, 0.2) is 18.2 Å². The normalized spacial score (nSPS) is 28.5. The topological polar surface area (TPSA) is 38.5 Å². The molecule has 0 aliphatic carbocycles. The second-order valence-corrected chi connectivity index (χ2v) is 5.32. The molecule has 0 saturated carbocycles. The van der Waals surface area contributed by atoms with Gasteiger partial charge in [-0.1, -0.05) is 6.07 Å². The lowest BCUT2D eigenvalue weighted by atomic mass is 10.0. The van der Waals surface area contributed by atoms with E-state index in [-0.39, 0.29) is 11.9 Å². The minimum atomic E-state index is -0.290. The fourth-order valence-corrected chi connectivity index (χ4v) is 3.06. The number of benzene rings is 1. The molecule has 0 spiro atoms. The first kappa shape index (κ1) is 11.9. The van der Waals surface area contributed by atoms with Crippen LogP contribution in [0.1, 0.15) is 31.4 Å². The molecule has 2 aliphatic rings. The van der Waals surface area contributed by atoms with Crippen molar-refractivity contribution in [1.29, 1.82) is 0 Å². The molecule has 2 saturated heterocycles. The summed E-state index contributed by atoms with van der Waals surface area (Å²) in [5.74, 6) is -0.207. The van der Waals surface area contributed by atoms with Crippen molar-refractivity contribution in [2.24, 2.45) is 5.73 Å². The van der Waals surface area contributed by atoms with Gasteiger partial charge in [0.1, 0.15) is 5.82 Å². The lowest BCUT2D eigenvalue weighted by Crippen LogP contribution is -2.43. The van der Waals surface area contributed by atoms with Crippen LogP contribution >= 0.6 is 0 Å². The van der Waals surface area contributed by atoms with Crippen LogP contribution in [0.5, 0.6) is 0 Å². The predicted octanol–water partition coefficient (Wildman–Crippen LogP) is 2.21. The third kappa shape index (κ3) is 1.99. The Bertz CT molecular complexity index is 437. The Kier molecular flexibility index (Phi) is 2.99. The molecule has 18 heavy (non-hydrogen) atoms. The SMILES string of the molecule is CC(N)c1c(F)cccc1N1CC2CCC(C1)O2. The highest BCUT2D eigenvalue weighted by atomic mass is 19.1. The second-order valence-electron chi connectivity index (χ2n) is 5.32. The molecule has 0 radical (unpaired) electrons. The van der Waals surface area contributed by atoms with E-state index in [0.717, 1.165) is 31.6 Å². The number of rotatable bonds is 2. The molecule has 0 aromatic heterocycles. The van der Waals surface area contributed by atoms with Gasteiger partial charge in [-0.2, -0.15) is 0 Å². The van der Waals surface area contributed by atoms with Gasteiger partial charge < -0.3 is 15.4 Å². The minimum absolute atomic E-state index is 0.207. The maximum absolute atomic E-state index is 13.9. The van der Waals surface area contributed by atoms with E-state index in [9.17, 15) is 4.39 Å². The number of morpholine rings is 1. The molecule has 2 N–H and O–H groups in total. The van der Waals surface area contributed by atoms with Crippen LogP contribution in [0.2, 0.25) is 0 Å². The van der Waals surface area contributed by atoms with Crippen molar-refractivity contribution in [3.05, 3.63) is 29.6 Å². The first-order chi connectivity index (χ1) is 8.65. The zero-order valence-corrected chi connectivity index (χ0v) is 10.6. The molecular weight excluding hydrogens is 231 g/mol. The van der Waals surface area contributed by atoms with Crippen molar-refractivity contribution in [2.45, 2.75) is 38.0 Å². The summed E-state index contributed by atoms with van der Waals surface area (Å²) in [7, 11) is 0. The van der Waals surface area contributed by atoms with Gasteiger partial charge in [0.25, 0.3) is 0 Å². The van der Waals surface area contributed by atoms with E-state index in [1.54, 1.807) is 6.07 Å². The van der Waals surface area contributed by atoms with E-state index in [1.165, 1.54) is 6.07 Å². The molecule has 0 amide bonds. The maximum Gasteiger partial charge on any atom is 0.130 e. The first-order valence-electron chi connectivity index (χ1n) is 6.59. The second kappa shape index (κ2) is 4.52. The van der Waals surface area contributed by atoms with E-state index in [2.05, 4.69) is 4.90 Å². The zero-order valence-electron chi connectivity index (χ0n) is 10.6. The van der Waals surface area contributed by atoms with Gasteiger partial charge >= 0.3 is 0 Å². The van der Waals surface area contributed by atoms with Crippen molar-refractivity contribution in [3.8, 4) is 0 Å². The Morgan fingerprint density at radius 3 is 2.61 bits per heavy atom. The van der Waals surface area contributed by atoms with E-state index in [4.69, 9.17) is 10.5 Å². The fraction of sp³-hybridized carbons (Fsp3) is 0.571. The molecule has 1 aromatic carbocycles. The number of hydrogen-bond acceptors (Lipinski definition) is 3. The molecule has 3 nitrogen and oxygen atoms in total. The first-order valence-corrected chi connectivity index (χ1v) is 6.59. The van der Waals surface area contributed by atoms with E-state index in [1.807, 2.05) is 13.0 Å². The fourth-order valence-electron chi connectivity index (χ4n) is 3.06. The van der Waals surface area contributed by atoms with Crippen LogP contribution in [-0.2, 0) is 4.74 Å². The summed E-state index contributed by atoms with van der Waals surface area (Å²) in [6.45, 7) is 3.52. The minimum Gasteiger partial charge on any atom is -0.371 e. The molecule has 2 aliphatic heterocycles. The summed E-state index contributed by atoms with van der Waals surface area (Å²) in [5, 5.41) is 0. The standard InChI is InChI=1S/C14H19FN2O/c1-9(16)14-12(15)3-2-4-13(14)17-7-10-5-6-11(8-17)18-10/h2-4,9-11H,5-8,16H2,1H3. The van der Waals surface area contributed by atoms with E-state index in [0.29, 0.717) is 17.8 Å². The highest BCUT2D eigenvalue weighted by Crippen LogP contribution is 2.34. The van der Waals surface area contributed by atoms with Crippen LogP contribution in [0.4, 0.5) is 10.1 Å². The smallest absolute Gasteiger partial charge is 0.130 e. The maximum atomic E-state index is 13.9. The van der Waals surface area contributed by atoms with Gasteiger partial charge in [-0.05, 0) is 31.9 Å². The predicted molar refractivity (Wildman–Crippen MR) is 69.1 cm³/mol. The van der Waals surface area contributed by atoms with Gasteiger partial charge in [-0.25, -0.2) is 4.39 Å².